The van der Waals surface area contributed by atoms with Gasteiger partial charge >= 0.3 is 5.97 Å². The summed E-state index contributed by atoms with van der Waals surface area (Å²) in [6, 6.07) is 6.28. The van der Waals surface area contributed by atoms with Gasteiger partial charge in [-0.25, -0.2) is 4.79 Å². The van der Waals surface area contributed by atoms with Crippen molar-refractivity contribution < 1.29 is 14.7 Å². The minimum Gasteiger partial charge on any atom is -0.480 e. The molecule has 2 aliphatic rings. The van der Waals surface area contributed by atoms with Gasteiger partial charge in [-0.05, 0) is 36.8 Å². The van der Waals surface area contributed by atoms with E-state index < -0.39 is 18.1 Å². The van der Waals surface area contributed by atoms with Crippen molar-refractivity contribution in [3.63, 3.8) is 0 Å². The average molecular weight is 274 g/mol. The number of amides is 1. The Morgan fingerprint density at radius 2 is 2.05 bits per heavy atom. The molecule has 1 amide bonds. The molecular formula is C15H18N2O3. The van der Waals surface area contributed by atoms with Crippen molar-refractivity contribution in [2.45, 2.75) is 43.8 Å². The van der Waals surface area contributed by atoms with E-state index in [4.69, 9.17) is 5.73 Å². The highest BCUT2D eigenvalue weighted by Gasteiger charge is 2.43. The molecule has 1 saturated heterocycles. The number of fused-ring (bicyclic) bond motifs is 3. The normalized spacial score (nSPS) is 29.4. The van der Waals surface area contributed by atoms with Crippen LogP contribution < -0.4 is 5.73 Å². The predicted molar refractivity (Wildman–Crippen MR) is 73.0 cm³/mol. The van der Waals surface area contributed by atoms with Crippen LogP contribution in [0.1, 0.15) is 36.4 Å². The van der Waals surface area contributed by atoms with Crippen molar-refractivity contribution in [3.05, 3.63) is 35.4 Å². The van der Waals surface area contributed by atoms with E-state index in [1.807, 2.05) is 24.3 Å². The summed E-state index contributed by atoms with van der Waals surface area (Å²) in [5, 5.41) is 9.39. The SMILES string of the molecule is N[C@H]1Cc2ccccc2[C@H]2CCC[C@@H](C(=O)O)N2C1=O. The molecule has 0 aliphatic carbocycles. The summed E-state index contributed by atoms with van der Waals surface area (Å²) >= 11 is 0. The largest absolute Gasteiger partial charge is 0.480 e. The van der Waals surface area contributed by atoms with E-state index in [2.05, 4.69) is 0 Å². The summed E-state index contributed by atoms with van der Waals surface area (Å²) in [5.41, 5.74) is 8.10. The maximum atomic E-state index is 12.5. The number of hydrogen-bond donors (Lipinski definition) is 2. The first-order valence-corrected chi connectivity index (χ1v) is 6.98. The highest BCUT2D eigenvalue weighted by Crippen LogP contribution is 2.38. The Morgan fingerprint density at radius 3 is 2.80 bits per heavy atom. The molecule has 0 radical (unpaired) electrons. The molecule has 106 valence electrons. The second kappa shape index (κ2) is 4.90. The summed E-state index contributed by atoms with van der Waals surface area (Å²) in [5.74, 6) is -1.17. The lowest BCUT2D eigenvalue weighted by Crippen LogP contribution is -2.53. The van der Waals surface area contributed by atoms with Gasteiger partial charge in [-0.1, -0.05) is 24.3 Å². The van der Waals surface area contributed by atoms with E-state index >= 15 is 0 Å². The van der Waals surface area contributed by atoms with Gasteiger partial charge < -0.3 is 15.7 Å². The number of carbonyl (C=O) groups excluding carboxylic acids is 1. The van der Waals surface area contributed by atoms with Gasteiger partial charge in [0.15, 0.2) is 0 Å². The summed E-state index contributed by atoms with van der Waals surface area (Å²) in [4.78, 5) is 25.5. The lowest BCUT2D eigenvalue weighted by atomic mass is 9.89. The number of rotatable bonds is 1. The lowest BCUT2D eigenvalue weighted by molar-refractivity contribution is -0.155. The minimum atomic E-state index is -0.936. The molecule has 1 aromatic carbocycles. The zero-order chi connectivity index (χ0) is 14.3. The standard InChI is InChI=1S/C15H18N2O3/c16-11-8-9-4-1-2-5-10(9)12-6-3-7-13(15(19)20)17(12)14(11)18/h1-2,4-5,11-13H,3,6-8,16H2,(H,19,20)/t11-,12+,13-/m0/s1. The second-order valence-corrected chi connectivity index (χ2v) is 5.56. The van der Waals surface area contributed by atoms with Gasteiger partial charge in [0, 0.05) is 0 Å². The van der Waals surface area contributed by atoms with E-state index in [-0.39, 0.29) is 11.9 Å². The fourth-order valence-electron chi connectivity index (χ4n) is 3.42. The van der Waals surface area contributed by atoms with Gasteiger partial charge in [0.2, 0.25) is 5.91 Å². The van der Waals surface area contributed by atoms with Crippen molar-refractivity contribution in [1.82, 2.24) is 4.90 Å². The molecule has 3 N–H and O–H groups in total. The molecule has 0 saturated carbocycles. The average Bonchev–Trinajstić information content (AvgIpc) is 2.55. The van der Waals surface area contributed by atoms with Gasteiger partial charge in [-0.15, -0.1) is 0 Å². The first-order chi connectivity index (χ1) is 9.59. The van der Waals surface area contributed by atoms with Crippen LogP contribution in [-0.4, -0.2) is 34.0 Å². The van der Waals surface area contributed by atoms with E-state index in [1.165, 1.54) is 4.90 Å². The number of benzene rings is 1. The molecule has 5 nitrogen and oxygen atoms in total. The zero-order valence-corrected chi connectivity index (χ0v) is 11.2. The molecule has 1 fully saturated rings. The third-order valence-electron chi connectivity index (χ3n) is 4.34. The van der Waals surface area contributed by atoms with Crippen LogP contribution in [0, 0.1) is 0 Å². The van der Waals surface area contributed by atoms with Crippen LogP contribution in [0.2, 0.25) is 0 Å². The first-order valence-electron chi connectivity index (χ1n) is 6.98. The Balaban J connectivity index is 2.10. The Kier molecular flexibility index (Phi) is 3.22. The molecular weight excluding hydrogens is 256 g/mol. The molecule has 3 rings (SSSR count). The number of carboxylic acids is 1. The maximum Gasteiger partial charge on any atom is 0.326 e. The van der Waals surface area contributed by atoms with Crippen molar-refractivity contribution in [2.24, 2.45) is 5.73 Å². The van der Waals surface area contributed by atoms with Gasteiger partial charge in [-0.3, -0.25) is 4.79 Å². The molecule has 2 aliphatic heterocycles. The number of piperidine rings is 1. The minimum absolute atomic E-state index is 0.151. The van der Waals surface area contributed by atoms with E-state index in [1.54, 1.807) is 0 Å². The number of hydrogen-bond acceptors (Lipinski definition) is 3. The molecule has 20 heavy (non-hydrogen) atoms. The van der Waals surface area contributed by atoms with Crippen molar-refractivity contribution in [2.75, 3.05) is 0 Å². The molecule has 0 unspecified atom stereocenters. The number of carbonyl (C=O) groups is 2. The summed E-state index contributed by atoms with van der Waals surface area (Å²) < 4.78 is 0. The van der Waals surface area contributed by atoms with Crippen LogP contribution in [0.3, 0.4) is 0 Å². The van der Waals surface area contributed by atoms with Crippen molar-refractivity contribution >= 4 is 11.9 Å². The molecule has 2 heterocycles. The van der Waals surface area contributed by atoms with Crippen LogP contribution in [0.4, 0.5) is 0 Å². The van der Waals surface area contributed by atoms with E-state index in [0.29, 0.717) is 12.8 Å². The van der Waals surface area contributed by atoms with Crippen LogP contribution in [0.5, 0.6) is 0 Å². The quantitative estimate of drug-likeness (QED) is 0.802. The Morgan fingerprint density at radius 1 is 1.30 bits per heavy atom. The van der Waals surface area contributed by atoms with Crippen LogP contribution in [0.25, 0.3) is 0 Å². The maximum absolute atomic E-state index is 12.5. The molecule has 1 aromatic rings. The molecule has 3 atom stereocenters. The van der Waals surface area contributed by atoms with Crippen molar-refractivity contribution in [3.8, 4) is 0 Å². The third kappa shape index (κ3) is 1.98. The first kappa shape index (κ1) is 13.1. The van der Waals surface area contributed by atoms with Crippen LogP contribution >= 0.6 is 0 Å². The van der Waals surface area contributed by atoms with Crippen LogP contribution in [-0.2, 0) is 16.0 Å². The van der Waals surface area contributed by atoms with Crippen LogP contribution in [0.15, 0.2) is 24.3 Å². The zero-order valence-electron chi connectivity index (χ0n) is 11.2. The highest BCUT2D eigenvalue weighted by atomic mass is 16.4. The van der Waals surface area contributed by atoms with Gasteiger partial charge in [0.25, 0.3) is 0 Å². The molecule has 0 spiro atoms. The Hall–Kier alpha value is -1.88. The summed E-state index contributed by atoms with van der Waals surface area (Å²) in [6.07, 6.45) is 2.61. The third-order valence-corrected chi connectivity index (χ3v) is 4.34. The van der Waals surface area contributed by atoms with Gasteiger partial charge in [-0.2, -0.15) is 0 Å². The fourth-order valence-corrected chi connectivity index (χ4v) is 3.42. The topological polar surface area (TPSA) is 83.6 Å². The summed E-state index contributed by atoms with van der Waals surface area (Å²) in [6.45, 7) is 0. The molecule has 5 heteroatoms. The smallest absolute Gasteiger partial charge is 0.326 e. The van der Waals surface area contributed by atoms with Gasteiger partial charge in [0.05, 0.1) is 12.1 Å². The fraction of sp³-hybridized carbons (Fsp3) is 0.467. The molecule has 0 aromatic heterocycles. The number of aliphatic carboxylic acids is 1. The molecule has 0 bridgehead atoms. The lowest BCUT2D eigenvalue weighted by Gasteiger charge is -2.40. The summed E-state index contributed by atoms with van der Waals surface area (Å²) in [7, 11) is 0. The van der Waals surface area contributed by atoms with Gasteiger partial charge in [0.1, 0.15) is 6.04 Å². The second-order valence-electron chi connectivity index (χ2n) is 5.56. The highest BCUT2D eigenvalue weighted by molar-refractivity contribution is 5.88. The monoisotopic (exact) mass is 274 g/mol. The Bertz CT molecular complexity index is 558. The Labute approximate surface area is 117 Å². The number of nitrogens with two attached hydrogens (primary N) is 1. The van der Waals surface area contributed by atoms with Crippen molar-refractivity contribution in [1.29, 1.82) is 0 Å². The predicted octanol–water partition coefficient (Wildman–Crippen LogP) is 1.08. The number of nitrogens with zero attached hydrogens (tertiary/aromatic N) is 1. The van der Waals surface area contributed by atoms with E-state index in [0.717, 1.165) is 24.0 Å². The van der Waals surface area contributed by atoms with E-state index in [9.17, 15) is 14.7 Å². The number of carboxylic acid groups (broad SMARTS) is 1.